The zero-order valence-corrected chi connectivity index (χ0v) is 19.2. The molecule has 0 aromatic carbocycles. The first-order chi connectivity index (χ1) is 11.0. The number of thiazole rings is 1. The van der Waals surface area contributed by atoms with Crippen molar-refractivity contribution in [3.8, 4) is 0 Å². The van der Waals surface area contributed by atoms with Gasteiger partial charge < -0.3 is 14.0 Å². The van der Waals surface area contributed by atoms with Crippen molar-refractivity contribution in [2.75, 3.05) is 6.61 Å². The molecule has 0 amide bonds. The molecule has 8 heteroatoms. The molecule has 0 unspecified atom stereocenters. The van der Waals surface area contributed by atoms with E-state index in [1.165, 1.54) is 0 Å². The van der Waals surface area contributed by atoms with E-state index in [-0.39, 0.29) is 26.7 Å². The minimum absolute atomic E-state index is 0.0374. The highest BCUT2D eigenvalue weighted by Gasteiger charge is 2.64. The first-order valence-electron chi connectivity index (χ1n) is 8.22. The summed E-state index contributed by atoms with van der Waals surface area (Å²) in [6.45, 7) is 13.9. The molecule has 4 nitrogen and oxygen atoms in total. The van der Waals surface area contributed by atoms with Crippen LogP contribution in [0.25, 0.3) is 0 Å². The maximum Gasteiger partial charge on any atom is 0.349 e. The van der Waals surface area contributed by atoms with Crippen molar-refractivity contribution in [1.82, 2.24) is 4.98 Å². The van der Waals surface area contributed by atoms with E-state index in [9.17, 15) is 5.11 Å². The molecule has 136 valence electrons. The summed E-state index contributed by atoms with van der Waals surface area (Å²) in [6.07, 6.45) is -0.722. The highest BCUT2D eigenvalue weighted by Crippen LogP contribution is 2.58. The zero-order chi connectivity index (χ0) is 17.9. The van der Waals surface area contributed by atoms with Crippen LogP contribution in [0.5, 0.6) is 0 Å². The van der Waals surface area contributed by atoms with Crippen LogP contribution >= 0.6 is 39.0 Å². The predicted molar refractivity (Wildman–Crippen MR) is 106 cm³/mol. The van der Waals surface area contributed by atoms with Crippen LogP contribution in [-0.2, 0) is 8.85 Å². The van der Waals surface area contributed by atoms with Crippen LogP contribution in [0.1, 0.15) is 51.8 Å². The van der Waals surface area contributed by atoms with Gasteiger partial charge in [0, 0.05) is 15.5 Å². The fourth-order valence-electron chi connectivity index (χ4n) is 3.96. The van der Waals surface area contributed by atoms with Gasteiger partial charge in [-0.3, -0.25) is 0 Å². The molecule has 0 radical (unpaired) electrons. The third kappa shape index (κ3) is 3.06. The number of rotatable bonds is 1. The highest BCUT2D eigenvalue weighted by atomic mass is 79.9. The third-order valence-electron chi connectivity index (χ3n) is 4.80. The smallest absolute Gasteiger partial charge is 0.349 e. The molecule has 0 bridgehead atoms. The second-order valence-corrected chi connectivity index (χ2v) is 16.4. The number of aliphatic hydroxyl groups excluding tert-OH is 1. The monoisotopic (exact) mass is 451 g/mol. The van der Waals surface area contributed by atoms with Gasteiger partial charge in [-0.15, -0.1) is 23.1 Å². The summed E-state index contributed by atoms with van der Waals surface area (Å²) in [4.78, 5) is 4.50. The molecule has 2 aliphatic rings. The third-order valence-corrected chi connectivity index (χ3v) is 13.3. The molecule has 2 aliphatic heterocycles. The van der Waals surface area contributed by atoms with Gasteiger partial charge in [-0.2, -0.15) is 0 Å². The van der Waals surface area contributed by atoms with E-state index >= 15 is 0 Å². The lowest BCUT2D eigenvalue weighted by Crippen LogP contribution is -2.65. The van der Waals surface area contributed by atoms with Gasteiger partial charge in [0.1, 0.15) is 9.61 Å². The summed E-state index contributed by atoms with van der Waals surface area (Å²) >= 11 is 6.73. The fourth-order valence-corrected chi connectivity index (χ4v) is 12.2. The topological polar surface area (TPSA) is 51.6 Å². The summed E-state index contributed by atoms with van der Waals surface area (Å²) in [6, 6.07) is 0. The van der Waals surface area contributed by atoms with Crippen LogP contribution in [0.15, 0.2) is 9.98 Å². The molecule has 0 spiro atoms. The standard InChI is InChI=1S/C16H26BrNO3S2Si/c1-15(2,3)24(16(4,5)6)20-7-9-12(21-24)11(19)13(23-9)14-18-10(17)8-22-14/h8-9,11-13,19H,7H2,1-6H3/t9-,11-,12-,13-/m1/s1. The molecule has 1 aromatic rings. The van der Waals surface area contributed by atoms with Crippen molar-refractivity contribution in [3.63, 3.8) is 0 Å². The van der Waals surface area contributed by atoms with Gasteiger partial charge in [0.25, 0.3) is 0 Å². The van der Waals surface area contributed by atoms with E-state index in [0.29, 0.717) is 6.61 Å². The van der Waals surface area contributed by atoms with Gasteiger partial charge in [0.05, 0.1) is 29.3 Å². The normalized spacial score (nSPS) is 33.5. The SMILES string of the molecule is CC(C)(C)[Si]1(C(C)(C)C)OC[C@H]2S[C@@H](c3nc(Br)cs3)[C@H](O)[C@@H]2O1. The van der Waals surface area contributed by atoms with Crippen LogP contribution in [0.2, 0.25) is 10.1 Å². The maximum atomic E-state index is 11.0. The maximum absolute atomic E-state index is 11.0. The number of hydrogen-bond acceptors (Lipinski definition) is 6. The second-order valence-electron chi connectivity index (χ2n) is 8.60. The van der Waals surface area contributed by atoms with Crippen molar-refractivity contribution < 1.29 is 14.0 Å². The summed E-state index contributed by atoms with van der Waals surface area (Å²) < 4.78 is 14.0. The Labute approximate surface area is 162 Å². The molecule has 0 saturated carbocycles. The van der Waals surface area contributed by atoms with Crippen LogP contribution in [0.3, 0.4) is 0 Å². The average Bonchev–Trinajstić information content (AvgIpc) is 3.00. The minimum Gasteiger partial charge on any atom is -0.392 e. The Morgan fingerprint density at radius 1 is 1.25 bits per heavy atom. The first-order valence-corrected chi connectivity index (χ1v) is 12.7. The summed E-state index contributed by atoms with van der Waals surface area (Å²) in [5.41, 5.74) is 0. The van der Waals surface area contributed by atoms with Gasteiger partial charge in [0.2, 0.25) is 0 Å². The molecule has 2 saturated heterocycles. The van der Waals surface area contributed by atoms with E-state index < -0.39 is 14.7 Å². The van der Waals surface area contributed by atoms with Gasteiger partial charge >= 0.3 is 8.56 Å². The lowest BCUT2D eigenvalue weighted by atomic mass is 10.1. The number of halogens is 1. The van der Waals surface area contributed by atoms with E-state index in [1.807, 2.05) is 5.38 Å². The Morgan fingerprint density at radius 2 is 1.88 bits per heavy atom. The van der Waals surface area contributed by atoms with E-state index in [0.717, 1.165) is 9.61 Å². The largest absolute Gasteiger partial charge is 0.392 e. The Bertz CT molecular complexity index is 599. The Kier molecular flexibility index (Phi) is 5.09. The summed E-state index contributed by atoms with van der Waals surface area (Å²) in [7, 11) is -2.54. The van der Waals surface area contributed by atoms with Crippen molar-refractivity contribution in [1.29, 1.82) is 0 Å². The molecular weight excluding hydrogens is 426 g/mol. The molecule has 1 N–H and O–H groups in total. The molecular formula is C16H26BrNO3S2Si. The number of aliphatic hydroxyl groups is 1. The zero-order valence-electron chi connectivity index (χ0n) is 15.0. The predicted octanol–water partition coefficient (Wildman–Crippen LogP) is 4.88. The number of hydrogen-bond donors (Lipinski definition) is 1. The quantitative estimate of drug-likeness (QED) is 0.616. The summed E-state index contributed by atoms with van der Waals surface area (Å²) in [5.74, 6) is 0. The fraction of sp³-hybridized carbons (Fsp3) is 0.812. The molecule has 24 heavy (non-hydrogen) atoms. The van der Waals surface area contributed by atoms with Crippen molar-refractivity contribution in [2.45, 2.75) is 74.3 Å². The number of aromatic nitrogens is 1. The Hall–Kier alpha value is 0.557. The number of fused-ring (bicyclic) bond motifs is 1. The summed E-state index contributed by atoms with van der Waals surface area (Å²) in [5, 5.41) is 13.9. The molecule has 2 fully saturated rings. The van der Waals surface area contributed by atoms with Crippen molar-refractivity contribution in [3.05, 3.63) is 15.0 Å². The van der Waals surface area contributed by atoms with Crippen molar-refractivity contribution >= 4 is 47.6 Å². The minimum atomic E-state index is -2.54. The number of nitrogens with zero attached hydrogens (tertiary/aromatic N) is 1. The van der Waals surface area contributed by atoms with Crippen LogP contribution in [-0.4, -0.2) is 42.7 Å². The lowest BCUT2D eigenvalue weighted by Gasteiger charge is -2.53. The van der Waals surface area contributed by atoms with Gasteiger partial charge in [-0.25, -0.2) is 4.98 Å². The van der Waals surface area contributed by atoms with E-state index in [2.05, 4.69) is 62.5 Å². The van der Waals surface area contributed by atoms with Gasteiger partial charge in [0.15, 0.2) is 0 Å². The van der Waals surface area contributed by atoms with Crippen LogP contribution in [0.4, 0.5) is 0 Å². The number of thioether (sulfide) groups is 1. The highest BCUT2D eigenvalue weighted by molar-refractivity contribution is 9.10. The van der Waals surface area contributed by atoms with Gasteiger partial charge in [-0.05, 0) is 15.9 Å². The lowest BCUT2D eigenvalue weighted by molar-refractivity contribution is -0.0329. The van der Waals surface area contributed by atoms with Crippen LogP contribution in [0, 0.1) is 0 Å². The molecule has 4 atom stereocenters. The first kappa shape index (κ1) is 19.3. The van der Waals surface area contributed by atoms with E-state index in [4.69, 9.17) is 8.85 Å². The Balaban J connectivity index is 1.90. The molecule has 3 heterocycles. The van der Waals surface area contributed by atoms with Gasteiger partial charge in [-0.1, -0.05) is 41.5 Å². The molecule has 0 aliphatic carbocycles. The van der Waals surface area contributed by atoms with Crippen LogP contribution < -0.4 is 0 Å². The molecule has 1 aromatic heterocycles. The Morgan fingerprint density at radius 3 is 2.38 bits per heavy atom. The molecule has 3 rings (SSSR count). The average molecular weight is 453 g/mol. The van der Waals surface area contributed by atoms with E-state index in [1.54, 1.807) is 23.1 Å². The van der Waals surface area contributed by atoms with Crippen molar-refractivity contribution in [2.24, 2.45) is 0 Å². The second kappa shape index (κ2) is 6.32.